The summed E-state index contributed by atoms with van der Waals surface area (Å²) >= 11 is 0. The van der Waals surface area contributed by atoms with Gasteiger partial charge in [0.15, 0.2) is 0 Å². The molecule has 0 saturated heterocycles. The minimum Gasteiger partial charge on any atom is -0.507 e. The number of nitrogens with zero attached hydrogens (tertiary/aromatic N) is 2. The van der Waals surface area contributed by atoms with Crippen LogP contribution < -0.4 is 0 Å². The van der Waals surface area contributed by atoms with E-state index in [1.807, 2.05) is 0 Å². The SMILES string of the molecule is CN(Cc1cn[nH]c1)S(=O)(=O)c1ccccc1O. The van der Waals surface area contributed by atoms with Gasteiger partial charge >= 0.3 is 0 Å². The molecule has 0 bridgehead atoms. The molecule has 0 atom stereocenters. The lowest BCUT2D eigenvalue weighted by Gasteiger charge is -2.16. The maximum Gasteiger partial charge on any atom is 0.246 e. The summed E-state index contributed by atoms with van der Waals surface area (Å²) in [6.45, 7) is 0.188. The Morgan fingerprint density at radius 2 is 2.11 bits per heavy atom. The highest BCUT2D eigenvalue weighted by Gasteiger charge is 2.23. The predicted molar refractivity (Wildman–Crippen MR) is 65.3 cm³/mol. The number of rotatable bonds is 4. The number of nitrogens with one attached hydrogen (secondary N) is 1. The fourth-order valence-corrected chi connectivity index (χ4v) is 2.79. The van der Waals surface area contributed by atoms with Crippen LogP contribution in [0.4, 0.5) is 0 Å². The Labute approximate surface area is 105 Å². The van der Waals surface area contributed by atoms with Crippen LogP contribution in [0.25, 0.3) is 0 Å². The molecule has 0 fully saturated rings. The molecule has 6 nitrogen and oxygen atoms in total. The van der Waals surface area contributed by atoms with E-state index >= 15 is 0 Å². The second kappa shape index (κ2) is 4.79. The van der Waals surface area contributed by atoms with E-state index in [1.54, 1.807) is 24.5 Å². The topological polar surface area (TPSA) is 86.3 Å². The average Bonchev–Trinajstić information content (AvgIpc) is 2.82. The van der Waals surface area contributed by atoms with Crippen LogP contribution in [0, 0.1) is 0 Å². The summed E-state index contributed by atoms with van der Waals surface area (Å²) in [7, 11) is -2.25. The lowest BCUT2D eigenvalue weighted by Crippen LogP contribution is -2.26. The lowest BCUT2D eigenvalue weighted by molar-refractivity contribution is 0.440. The molecule has 2 aromatic rings. The molecule has 1 heterocycles. The average molecular weight is 267 g/mol. The van der Waals surface area contributed by atoms with Crippen molar-refractivity contribution in [3.8, 4) is 5.75 Å². The van der Waals surface area contributed by atoms with Crippen LogP contribution in [0.15, 0.2) is 41.6 Å². The maximum atomic E-state index is 12.2. The van der Waals surface area contributed by atoms with Crippen molar-refractivity contribution in [2.75, 3.05) is 7.05 Å². The Morgan fingerprint density at radius 1 is 1.39 bits per heavy atom. The number of hydrogen-bond acceptors (Lipinski definition) is 4. The van der Waals surface area contributed by atoms with Gasteiger partial charge in [0.2, 0.25) is 10.0 Å². The van der Waals surface area contributed by atoms with Gasteiger partial charge < -0.3 is 5.11 Å². The quantitative estimate of drug-likeness (QED) is 0.863. The zero-order valence-electron chi connectivity index (χ0n) is 9.74. The summed E-state index contributed by atoms with van der Waals surface area (Å²) in [5, 5.41) is 16.0. The van der Waals surface area contributed by atoms with Crippen LogP contribution >= 0.6 is 0 Å². The first-order valence-electron chi connectivity index (χ1n) is 5.24. The van der Waals surface area contributed by atoms with E-state index in [-0.39, 0.29) is 17.2 Å². The molecule has 1 aromatic heterocycles. The molecule has 96 valence electrons. The second-order valence-corrected chi connectivity index (χ2v) is 5.85. The van der Waals surface area contributed by atoms with Crippen LogP contribution in [-0.4, -0.2) is 35.1 Å². The minimum absolute atomic E-state index is 0.101. The number of sulfonamides is 1. The number of para-hydroxylation sites is 1. The highest BCUT2D eigenvalue weighted by molar-refractivity contribution is 7.89. The summed E-state index contributed by atoms with van der Waals surface area (Å²) < 4.78 is 25.6. The van der Waals surface area contributed by atoms with Crippen LogP contribution in [-0.2, 0) is 16.6 Å². The zero-order chi connectivity index (χ0) is 13.2. The molecular weight excluding hydrogens is 254 g/mol. The van der Waals surface area contributed by atoms with Gasteiger partial charge in [0.25, 0.3) is 0 Å². The van der Waals surface area contributed by atoms with Crippen molar-refractivity contribution < 1.29 is 13.5 Å². The highest BCUT2D eigenvalue weighted by atomic mass is 32.2. The molecule has 1 aromatic carbocycles. The number of phenolic OH excluding ortho intramolecular Hbond substituents is 1. The molecule has 0 aliphatic heterocycles. The molecule has 0 saturated carbocycles. The zero-order valence-corrected chi connectivity index (χ0v) is 10.6. The first-order chi connectivity index (χ1) is 8.51. The Balaban J connectivity index is 2.29. The number of hydrogen-bond donors (Lipinski definition) is 2. The molecule has 2 rings (SSSR count). The summed E-state index contributed by atoms with van der Waals surface area (Å²) in [6.07, 6.45) is 3.17. The fourth-order valence-electron chi connectivity index (χ4n) is 1.55. The number of benzene rings is 1. The summed E-state index contributed by atoms with van der Waals surface area (Å²) in [6, 6.07) is 5.86. The van der Waals surface area contributed by atoms with Crippen molar-refractivity contribution in [3.05, 3.63) is 42.2 Å². The summed E-state index contributed by atoms with van der Waals surface area (Å²) in [5.41, 5.74) is 0.747. The largest absolute Gasteiger partial charge is 0.507 e. The number of H-pyrrole nitrogens is 1. The van der Waals surface area contributed by atoms with Crippen molar-refractivity contribution >= 4 is 10.0 Å². The molecular formula is C11H13N3O3S. The van der Waals surface area contributed by atoms with Gasteiger partial charge in [0.1, 0.15) is 10.6 Å². The Morgan fingerprint density at radius 3 is 2.72 bits per heavy atom. The Kier molecular flexibility index (Phi) is 3.35. The third kappa shape index (κ3) is 2.36. The molecule has 7 heteroatoms. The minimum atomic E-state index is -3.70. The number of aromatic amines is 1. The summed E-state index contributed by atoms with van der Waals surface area (Å²) in [4.78, 5) is -0.101. The summed E-state index contributed by atoms with van der Waals surface area (Å²) in [5.74, 6) is -0.253. The van der Waals surface area contributed by atoms with Crippen molar-refractivity contribution in [1.29, 1.82) is 0 Å². The van der Waals surface area contributed by atoms with Crippen LogP contribution in [0.1, 0.15) is 5.56 Å². The molecule has 0 aliphatic rings. The third-order valence-electron chi connectivity index (χ3n) is 2.51. The van der Waals surface area contributed by atoms with E-state index < -0.39 is 10.0 Å². The van der Waals surface area contributed by atoms with E-state index in [4.69, 9.17) is 0 Å². The van der Waals surface area contributed by atoms with Gasteiger partial charge in [-0.25, -0.2) is 8.42 Å². The van der Waals surface area contributed by atoms with Gasteiger partial charge in [-0.05, 0) is 12.1 Å². The highest BCUT2D eigenvalue weighted by Crippen LogP contribution is 2.25. The first kappa shape index (κ1) is 12.6. The van der Waals surface area contributed by atoms with Crippen molar-refractivity contribution in [1.82, 2.24) is 14.5 Å². The van der Waals surface area contributed by atoms with Gasteiger partial charge in [0, 0.05) is 25.4 Å². The third-order valence-corrected chi connectivity index (χ3v) is 4.36. The number of phenols is 1. The van der Waals surface area contributed by atoms with E-state index in [9.17, 15) is 13.5 Å². The first-order valence-corrected chi connectivity index (χ1v) is 6.68. The number of aromatic nitrogens is 2. The predicted octanol–water partition coefficient (Wildman–Crippen LogP) is 0.936. The maximum absolute atomic E-state index is 12.2. The van der Waals surface area contributed by atoms with Gasteiger partial charge in [-0.15, -0.1) is 0 Å². The van der Waals surface area contributed by atoms with Crippen molar-refractivity contribution in [3.63, 3.8) is 0 Å². The number of aromatic hydroxyl groups is 1. The molecule has 0 amide bonds. The van der Waals surface area contributed by atoms with E-state index in [0.717, 1.165) is 9.87 Å². The van der Waals surface area contributed by atoms with Crippen LogP contribution in [0.3, 0.4) is 0 Å². The molecule has 0 spiro atoms. The van der Waals surface area contributed by atoms with Crippen molar-refractivity contribution in [2.24, 2.45) is 0 Å². The normalized spacial score (nSPS) is 11.9. The van der Waals surface area contributed by atoms with Gasteiger partial charge in [-0.2, -0.15) is 9.40 Å². The second-order valence-electron chi connectivity index (χ2n) is 3.84. The van der Waals surface area contributed by atoms with E-state index in [2.05, 4.69) is 10.2 Å². The van der Waals surface area contributed by atoms with Gasteiger partial charge in [-0.1, -0.05) is 12.1 Å². The van der Waals surface area contributed by atoms with Gasteiger partial charge in [-0.3, -0.25) is 5.10 Å². The smallest absolute Gasteiger partial charge is 0.246 e. The molecule has 18 heavy (non-hydrogen) atoms. The lowest BCUT2D eigenvalue weighted by atomic mass is 10.3. The molecule has 0 aliphatic carbocycles. The standard InChI is InChI=1S/C11H13N3O3S/c1-14(8-9-6-12-13-7-9)18(16,17)11-5-3-2-4-10(11)15/h2-7,15H,8H2,1H3,(H,12,13). The van der Waals surface area contributed by atoms with Crippen LogP contribution in [0.2, 0.25) is 0 Å². The Hall–Kier alpha value is -1.86. The van der Waals surface area contributed by atoms with Gasteiger partial charge in [0.05, 0.1) is 6.20 Å². The fraction of sp³-hybridized carbons (Fsp3) is 0.182. The molecule has 0 unspecified atom stereocenters. The molecule has 0 radical (unpaired) electrons. The monoisotopic (exact) mass is 267 g/mol. The van der Waals surface area contributed by atoms with Crippen molar-refractivity contribution in [2.45, 2.75) is 11.4 Å². The molecule has 2 N–H and O–H groups in total. The van der Waals surface area contributed by atoms with Crippen LogP contribution in [0.5, 0.6) is 5.75 Å². The Bertz CT molecular complexity index is 623. The van der Waals surface area contributed by atoms with E-state index in [1.165, 1.54) is 19.2 Å². The van der Waals surface area contributed by atoms with E-state index in [0.29, 0.717) is 0 Å².